The third kappa shape index (κ3) is 1.80. The van der Waals surface area contributed by atoms with Crippen molar-refractivity contribution in [2.45, 2.75) is 31.4 Å². The van der Waals surface area contributed by atoms with Crippen LogP contribution in [0, 0.1) is 0 Å². The van der Waals surface area contributed by atoms with Gasteiger partial charge < -0.3 is 0 Å². The molecule has 1 rings (SSSR count). The van der Waals surface area contributed by atoms with Crippen molar-refractivity contribution < 1.29 is 13.2 Å². The van der Waals surface area contributed by atoms with Gasteiger partial charge in [-0.15, -0.1) is 0 Å². The summed E-state index contributed by atoms with van der Waals surface area (Å²) in [5.41, 5.74) is 0. The molecule has 0 aromatic rings. The normalized spacial score (nSPS) is 31.4. The zero-order chi connectivity index (χ0) is 8.48. The number of ketones is 1. The minimum atomic E-state index is -3.10. The van der Waals surface area contributed by atoms with E-state index < -0.39 is 15.1 Å². The third-order valence-corrected chi connectivity index (χ3v) is 4.29. The first-order valence-corrected chi connectivity index (χ1v) is 5.50. The second-order valence-electron chi connectivity index (χ2n) is 2.93. The van der Waals surface area contributed by atoms with Gasteiger partial charge in [0.1, 0.15) is 5.25 Å². The topological polar surface area (TPSA) is 51.2 Å². The van der Waals surface area contributed by atoms with Crippen molar-refractivity contribution in [1.29, 1.82) is 0 Å². The summed E-state index contributed by atoms with van der Waals surface area (Å²) in [7, 11) is -3.10. The van der Waals surface area contributed by atoms with Crippen molar-refractivity contribution in [3.63, 3.8) is 0 Å². The van der Waals surface area contributed by atoms with Crippen LogP contribution in [0.1, 0.15) is 26.2 Å². The molecule has 1 saturated heterocycles. The summed E-state index contributed by atoms with van der Waals surface area (Å²) in [4.78, 5) is 11.1. The molecular weight excluding hydrogens is 164 g/mol. The van der Waals surface area contributed by atoms with Crippen LogP contribution in [-0.4, -0.2) is 25.2 Å². The number of hydrogen-bond donors (Lipinski definition) is 0. The van der Waals surface area contributed by atoms with Crippen molar-refractivity contribution in [2.24, 2.45) is 0 Å². The molecule has 0 saturated carbocycles. The van der Waals surface area contributed by atoms with Gasteiger partial charge >= 0.3 is 0 Å². The Balaban J connectivity index is 2.91. The zero-order valence-electron chi connectivity index (χ0n) is 6.54. The fraction of sp³-hybridized carbons (Fsp3) is 0.857. The molecule has 11 heavy (non-hydrogen) atoms. The lowest BCUT2D eigenvalue weighted by molar-refractivity contribution is -0.118. The van der Waals surface area contributed by atoms with Gasteiger partial charge in [0, 0.05) is 6.42 Å². The fourth-order valence-electron chi connectivity index (χ4n) is 1.18. The molecule has 1 atom stereocenters. The summed E-state index contributed by atoms with van der Waals surface area (Å²) in [5.74, 6) is 0.0578. The van der Waals surface area contributed by atoms with E-state index in [1.165, 1.54) is 6.92 Å². The predicted molar refractivity (Wildman–Crippen MR) is 42.1 cm³/mol. The standard InChI is InChI=1S/C7H12O3S/c1-6-7(8)4-2-3-5-11(6,9)10/h6H,2-5H2,1H3. The first-order chi connectivity index (χ1) is 5.04. The Bertz CT molecular complexity index is 253. The number of sulfone groups is 1. The van der Waals surface area contributed by atoms with E-state index in [1.54, 1.807) is 0 Å². The van der Waals surface area contributed by atoms with Crippen LogP contribution in [0.3, 0.4) is 0 Å². The summed E-state index contributed by atoms with van der Waals surface area (Å²) in [5, 5.41) is -0.759. The minimum Gasteiger partial charge on any atom is -0.298 e. The first-order valence-electron chi connectivity index (χ1n) is 3.78. The van der Waals surface area contributed by atoms with Crippen LogP contribution in [0.2, 0.25) is 0 Å². The van der Waals surface area contributed by atoms with Gasteiger partial charge in [0.2, 0.25) is 0 Å². The van der Waals surface area contributed by atoms with Crippen molar-refractivity contribution in [1.82, 2.24) is 0 Å². The average molecular weight is 176 g/mol. The lowest BCUT2D eigenvalue weighted by Crippen LogP contribution is -2.26. The number of carbonyl (C=O) groups is 1. The molecular formula is C7H12O3S. The molecule has 1 aliphatic heterocycles. The lowest BCUT2D eigenvalue weighted by atomic mass is 10.1. The van der Waals surface area contributed by atoms with Gasteiger partial charge in [0.05, 0.1) is 5.75 Å². The Morgan fingerprint density at radius 2 is 2.00 bits per heavy atom. The highest BCUT2D eigenvalue weighted by molar-refractivity contribution is 7.92. The molecule has 1 heterocycles. The maximum absolute atomic E-state index is 11.2. The molecule has 0 spiro atoms. The van der Waals surface area contributed by atoms with Crippen LogP contribution in [-0.2, 0) is 14.6 Å². The Morgan fingerprint density at radius 3 is 2.64 bits per heavy atom. The van der Waals surface area contributed by atoms with Gasteiger partial charge in [0.15, 0.2) is 15.6 Å². The first kappa shape index (κ1) is 8.71. The molecule has 0 amide bonds. The monoisotopic (exact) mass is 176 g/mol. The van der Waals surface area contributed by atoms with E-state index >= 15 is 0 Å². The van der Waals surface area contributed by atoms with Crippen LogP contribution in [0.5, 0.6) is 0 Å². The molecule has 0 aromatic heterocycles. The predicted octanol–water partition coefficient (Wildman–Crippen LogP) is 0.543. The van der Waals surface area contributed by atoms with Gasteiger partial charge in [-0.2, -0.15) is 0 Å². The van der Waals surface area contributed by atoms with Crippen LogP contribution in [0.15, 0.2) is 0 Å². The minimum absolute atomic E-state index is 0.123. The van der Waals surface area contributed by atoms with Crippen molar-refractivity contribution >= 4 is 15.6 Å². The Labute approximate surface area is 66.7 Å². The fourth-order valence-corrected chi connectivity index (χ4v) is 2.66. The maximum Gasteiger partial charge on any atom is 0.159 e. The lowest BCUT2D eigenvalue weighted by Gasteiger charge is -2.05. The molecule has 1 aliphatic rings. The molecule has 0 aliphatic carbocycles. The molecule has 64 valence electrons. The van der Waals surface area contributed by atoms with E-state index in [2.05, 4.69) is 0 Å². The summed E-state index contributed by atoms with van der Waals surface area (Å²) >= 11 is 0. The highest BCUT2D eigenvalue weighted by Crippen LogP contribution is 2.15. The van der Waals surface area contributed by atoms with Crippen LogP contribution < -0.4 is 0 Å². The second kappa shape index (κ2) is 2.93. The van der Waals surface area contributed by atoms with Crippen molar-refractivity contribution in [3.8, 4) is 0 Å². The van der Waals surface area contributed by atoms with Gasteiger partial charge in [-0.05, 0) is 19.8 Å². The number of rotatable bonds is 0. The Kier molecular flexibility index (Phi) is 2.32. The molecule has 0 bridgehead atoms. The van der Waals surface area contributed by atoms with Gasteiger partial charge in [-0.1, -0.05) is 0 Å². The molecule has 0 N–H and O–H groups in total. The SMILES string of the molecule is CC1C(=O)CCCCS1(=O)=O. The highest BCUT2D eigenvalue weighted by atomic mass is 32.2. The van der Waals surface area contributed by atoms with Gasteiger partial charge in [0.25, 0.3) is 0 Å². The summed E-state index contributed by atoms with van der Waals surface area (Å²) in [6.45, 7) is 1.49. The van der Waals surface area contributed by atoms with Crippen LogP contribution in [0.25, 0.3) is 0 Å². The zero-order valence-corrected chi connectivity index (χ0v) is 7.36. The Hall–Kier alpha value is -0.380. The third-order valence-electron chi connectivity index (χ3n) is 2.09. The van der Waals surface area contributed by atoms with Crippen molar-refractivity contribution in [2.75, 3.05) is 5.75 Å². The molecule has 1 unspecified atom stereocenters. The largest absolute Gasteiger partial charge is 0.298 e. The van der Waals surface area contributed by atoms with Crippen molar-refractivity contribution in [3.05, 3.63) is 0 Å². The van der Waals surface area contributed by atoms with Gasteiger partial charge in [-0.3, -0.25) is 4.79 Å². The highest BCUT2D eigenvalue weighted by Gasteiger charge is 2.29. The van der Waals surface area contributed by atoms with Crippen LogP contribution in [0.4, 0.5) is 0 Å². The number of Topliss-reactive ketones (excluding diaryl/α,β-unsaturated/α-hetero) is 1. The molecule has 3 nitrogen and oxygen atoms in total. The van der Waals surface area contributed by atoms with Gasteiger partial charge in [-0.25, -0.2) is 8.42 Å². The van der Waals surface area contributed by atoms with E-state index in [0.29, 0.717) is 12.8 Å². The van der Waals surface area contributed by atoms with E-state index in [-0.39, 0.29) is 11.5 Å². The van der Waals surface area contributed by atoms with E-state index in [9.17, 15) is 13.2 Å². The second-order valence-corrected chi connectivity index (χ2v) is 5.37. The quantitative estimate of drug-likeness (QED) is 0.541. The maximum atomic E-state index is 11.2. The average Bonchev–Trinajstić information content (AvgIpc) is 2.03. The number of hydrogen-bond acceptors (Lipinski definition) is 3. The Morgan fingerprint density at radius 1 is 1.36 bits per heavy atom. The van der Waals surface area contributed by atoms with Crippen LogP contribution >= 0.6 is 0 Å². The smallest absolute Gasteiger partial charge is 0.159 e. The number of carbonyl (C=O) groups excluding carboxylic acids is 1. The summed E-state index contributed by atoms with van der Waals surface area (Å²) < 4.78 is 22.4. The summed E-state index contributed by atoms with van der Waals surface area (Å²) in [6, 6.07) is 0. The summed E-state index contributed by atoms with van der Waals surface area (Å²) in [6.07, 6.45) is 1.79. The van der Waals surface area contributed by atoms with E-state index in [0.717, 1.165) is 6.42 Å². The molecule has 0 aromatic carbocycles. The molecule has 1 fully saturated rings. The molecule has 4 heteroatoms. The van der Waals surface area contributed by atoms with E-state index in [1.807, 2.05) is 0 Å². The molecule has 0 radical (unpaired) electrons. The van der Waals surface area contributed by atoms with E-state index in [4.69, 9.17) is 0 Å².